The number of hydrogen-bond donors (Lipinski definition) is 1. The van der Waals surface area contributed by atoms with E-state index >= 15 is 0 Å². The third-order valence-electron chi connectivity index (χ3n) is 9.10. The van der Waals surface area contributed by atoms with E-state index in [0.29, 0.717) is 39.7 Å². The fourth-order valence-electron chi connectivity index (χ4n) is 6.84. The number of likely N-dealkylation sites (tertiary alicyclic amines) is 1. The number of nitrogens with zero attached hydrogens (tertiary/aromatic N) is 2. The van der Waals surface area contributed by atoms with Gasteiger partial charge in [0.25, 0.3) is 11.8 Å². The molecule has 5 atom stereocenters. The van der Waals surface area contributed by atoms with Crippen molar-refractivity contribution in [1.29, 1.82) is 0 Å². The van der Waals surface area contributed by atoms with Gasteiger partial charge in [0, 0.05) is 36.0 Å². The highest BCUT2D eigenvalue weighted by Crippen LogP contribution is 2.45. The van der Waals surface area contributed by atoms with Gasteiger partial charge in [-0.25, -0.2) is 0 Å². The maximum absolute atomic E-state index is 13.5. The van der Waals surface area contributed by atoms with E-state index in [4.69, 9.17) is 9.47 Å². The number of fused-ring (bicyclic) bond motifs is 5. The van der Waals surface area contributed by atoms with Crippen LogP contribution in [0.4, 0.5) is 0 Å². The fraction of sp³-hybridized carbons (Fsp3) is 0.294. The van der Waals surface area contributed by atoms with Gasteiger partial charge < -0.3 is 14.8 Å². The average Bonchev–Trinajstić information content (AvgIpc) is 3.73. The minimum atomic E-state index is -0.887. The molecule has 4 aliphatic rings. The summed E-state index contributed by atoms with van der Waals surface area (Å²) in [5.74, 6) is -3.22. The highest BCUT2D eigenvalue weighted by molar-refractivity contribution is 6.25. The number of aldehydes is 1. The Hall–Kier alpha value is -5.16. The maximum Gasteiger partial charge on any atom is 0.261 e. The molecule has 45 heavy (non-hydrogen) atoms. The molecule has 11 heteroatoms. The van der Waals surface area contributed by atoms with Gasteiger partial charge in [-0.2, -0.15) is 0 Å². The predicted octanol–water partition coefficient (Wildman–Crippen LogP) is 2.45. The molecule has 7 rings (SSSR count). The summed E-state index contributed by atoms with van der Waals surface area (Å²) in [4.78, 5) is 80.5. The topological polar surface area (TPSA) is 139 Å². The first kappa shape index (κ1) is 28.6. The van der Waals surface area contributed by atoms with Gasteiger partial charge in [0.1, 0.15) is 12.4 Å². The third-order valence-corrected chi connectivity index (χ3v) is 9.10. The van der Waals surface area contributed by atoms with Crippen molar-refractivity contribution >= 4 is 46.6 Å². The maximum atomic E-state index is 13.5. The van der Waals surface area contributed by atoms with E-state index in [1.54, 1.807) is 61.5 Å². The van der Waals surface area contributed by atoms with Gasteiger partial charge in [-0.05, 0) is 36.1 Å². The number of aryl methyl sites for hydroxylation is 1. The predicted molar refractivity (Wildman–Crippen MR) is 159 cm³/mol. The zero-order chi connectivity index (χ0) is 31.4. The highest BCUT2D eigenvalue weighted by Gasteiger charge is 2.61. The SMILES string of the molecule is Cc1cccc(OCC(CNC(=O)CCN2C(=O)c3cccc4cccc(c34)C2=O)N2C(=O)C3C4C=CC(O4)C3C2=O)c1C=O. The van der Waals surface area contributed by atoms with Crippen LogP contribution in [0.15, 0.2) is 66.7 Å². The lowest BCUT2D eigenvalue weighted by Gasteiger charge is -2.29. The molecule has 3 aromatic carbocycles. The normalized spacial score (nSPS) is 23.6. The van der Waals surface area contributed by atoms with Crippen molar-refractivity contribution in [1.82, 2.24) is 15.1 Å². The van der Waals surface area contributed by atoms with Crippen LogP contribution in [0.5, 0.6) is 5.75 Å². The average molecular weight is 608 g/mol. The first-order chi connectivity index (χ1) is 21.8. The number of carbonyl (C=O) groups is 6. The van der Waals surface area contributed by atoms with Crippen molar-refractivity contribution in [2.75, 3.05) is 19.7 Å². The van der Waals surface area contributed by atoms with Crippen LogP contribution in [-0.4, -0.2) is 83.6 Å². The lowest BCUT2D eigenvalue weighted by Crippen LogP contribution is -2.51. The summed E-state index contributed by atoms with van der Waals surface area (Å²) < 4.78 is 11.7. The number of ether oxygens (including phenoxy) is 2. The lowest BCUT2D eigenvalue weighted by molar-refractivity contribution is -0.146. The van der Waals surface area contributed by atoms with Crippen LogP contribution >= 0.6 is 0 Å². The first-order valence-corrected chi connectivity index (χ1v) is 14.8. The molecule has 2 fully saturated rings. The van der Waals surface area contributed by atoms with E-state index in [1.807, 2.05) is 12.1 Å². The summed E-state index contributed by atoms with van der Waals surface area (Å²) in [5, 5.41) is 4.14. The minimum Gasteiger partial charge on any atom is -0.491 e. The van der Waals surface area contributed by atoms with Gasteiger partial charge in [-0.15, -0.1) is 0 Å². The Morgan fingerprint density at radius 1 is 0.933 bits per heavy atom. The molecule has 3 aromatic rings. The number of imide groups is 2. The van der Waals surface area contributed by atoms with Crippen LogP contribution in [0.1, 0.15) is 43.1 Å². The van der Waals surface area contributed by atoms with E-state index in [2.05, 4.69) is 5.32 Å². The molecule has 5 unspecified atom stereocenters. The van der Waals surface area contributed by atoms with E-state index in [0.717, 1.165) is 15.2 Å². The van der Waals surface area contributed by atoms with Crippen LogP contribution in [-0.2, 0) is 19.1 Å². The van der Waals surface area contributed by atoms with Crippen molar-refractivity contribution < 1.29 is 38.2 Å². The van der Waals surface area contributed by atoms with Crippen molar-refractivity contribution in [3.8, 4) is 5.75 Å². The molecule has 2 bridgehead atoms. The van der Waals surface area contributed by atoms with Crippen LogP contribution < -0.4 is 10.1 Å². The van der Waals surface area contributed by atoms with Crippen molar-refractivity contribution in [2.45, 2.75) is 31.6 Å². The summed E-state index contributed by atoms with van der Waals surface area (Å²) >= 11 is 0. The smallest absolute Gasteiger partial charge is 0.261 e. The number of rotatable bonds is 10. The van der Waals surface area contributed by atoms with Crippen LogP contribution in [0, 0.1) is 18.8 Å². The first-order valence-electron chi connectivity index (χ1n) is 14.8. The highest BCUT2D eigenvalue weighted by atomic mass is 16.5. The molecule has 2 saturated heterocycles. The summed E-state index contributed by atoms with van der Waals surface area (Å²) in [6.07, 6.45) is 3.11. The Labute approximate surface area is 257 Å². The Kier molecular flexibility index (Phi) is 7.04. The number of hydrogen-bond acceptors (Lipinski definition) is 8. The van der Waals surface area contributed by atoms with E-state index < -0.39 is 59.6 Å². The van der Waals surface area contributed by atoms with E-state index in [9.17, 15) is 28.8 Å². The molecule has 1 N–H and O–H groups in total. The molecule has 4 aliphatic heterocycles. The molecular formula is C34H29N3O8. The Balaban J connectivity index is 1.06. The molecule has 0 aromatic heterocycles. The Bertz CT molecular complexity index is 1750. The zero-order valence-corrected chi connectivity index (χ0v) is 24.3. The number of amides is 5. The van der Waals surface area contributed by atoms with Gasteiger partial charge >= 0.3 is 0 Å². The summed E-state index contributed by atoms with van der Waals surface area (Å²) in [6, 6.07) is 14.7. The van der Waals surface area contributed by atoms with Gasteiger partial charge in [-0.1, -0.05) is 48.6 Å². The monoisotopic (exact) mass is 607 g/mol. The van der Waals surface area contributed by atoms with Gasteiger partial charge in [0.05, 0.1) is 35.6 Å². The molecule has 228 valence electrons. The van der Waals surface area contributed by atoms with E-state index in [-0.39, 0.29) is 26.1 Å². The standard InChI is InChI=1S/C34H29N3O8/c1-18-5-2-10-24(23(18)16-38)44-17-20(37-33(42)29-25-11-12-26(45-25)30(29)34(37)43)15-35-27(39)13-14-36-31(40)21-8-3-6-19-7-4-9-22(28(19)21)32(36)41/h2-12,16,20,25-26,29-30H,13-15,17H2,1H3,(H,35,39). The molecule has 4 heterocycles. The van der Waals surface area contributed by atoms with Gasteiger partial charge in [0.2, 0.25) is 17.7 Å². The second-order valence-corrected chi connectivity index (χ2v) is 11.6. The van der Waals surface area contributed by atoms with Crippen molar-refractivity contribution in [3.05, 3.63) is 89.0 Å². The molecule has 11 nitrogen and oxygen atoms in total. The Morgan fingerprint density at radius 3 is 2.18 bits per heavy atom. The largest absolute Gasteiger partial charge is 0.491 e. The Morgan fingerprint density at radius 2 is 1.56 bits per heavy atom. The lowest BCUT2D eigenvalue weighted by atomic mass is 9.85. The molecule has 0 saturated carbocycles. The third kappa shape index (κ3) is 4.62. The van der Waals surface area contributed by atoms with Crippen molar-refractivity contribution in [2.24, 2.45) is 11.8 Å². The summed E-state index contributed by atoms with van der Waals surface area (Å²) in [5.41, 5.74) is 1.85. The quantitative estimate of drug-likeness (QED) is 0.211. The summed E-state index contributed by atoms with van der Waals surface area (Å²) in [7, 11) is 0. The summed E-state index contributed by atoms with van der Waals surface area (Å²) in [6.45, 7) is 1.31. The number of carbonyl (C=O) groups excluding carboxylic acids is 6. The second-order valence-electron chi connectivity index (χ2n) is 11.6. The van der Waals surface area contributed by atoms with E-state index in [1.165, 1.54) is 0 Å². The molecule has 0 spiro atoms. The van der Waals surface area contributed by atoms with Gasteiger partial charge in [0.15, 0.2) is 6.29 Å². The number of benzene rings is 3. The van der Waals surface area contributed by atoms with Crippen LogP contribution in [0.2, 0.25) is 0 Å². The fourth-order valence-corrected chi connectivity index (χ4v) is 6.84. The molecule has 5 amide bonds. The molecule has 0 aliphatic carbocycles. The molecule has 0 radical (unpaired) electrons. The van der Waals surface area contributed by atoms with Crippen LogP contribution in [0.3, 0.4) is 0 Å². The number of nitrogens with one attached hydrogen (secondary N) is 1. The van der Waals surface area contributed by atoms with Gasteiger partial charge in [-0.3, -0.25) is 38.6 Å². The van der Waals surface area contributed by atoms with Crippen LogP contribution in [0.25, 0.3) is 10.8 Å². The molecular weight excluding hydrogens is 578 g/mol. The van der Waals surface area contributed by atoms with Crippen molar-refractivity contribution in [3.63, 3.8) is 0 Å². The zero-order valence-electron chi connectivity index (χ0n) is 24.3. The minimum absolute atomic E-state index is 0.133. The second kappa shape index (κ2) is 11.1.